The normalized spacial score (nSPS) is 15.3. The van der Waals surface area contributed by atoms with Crippen molar-refractivity contribution >= 4 is 0 Å². The summed E-state index contributed by atoms with van der Waals surface area (Å²) in [6, 6.07) is 0. The van der Waals surface area contributed by atoms with Gasteiger partial charge in [-0.25, -0.2) is 0 Å². The molecule has 0 rings (SSSR count). The molecular formula is C7H20N2O2. The van der Waals surface area contributed by atoms with Gasteiger partial charge in [0.1, 0.15) is 6.23 Å². The third-order valence-electron chi connectivity index (χ3n) is 0.961. The molecule has 0 spiro atoms. The summed E-state index contributed by atoms with van der Waals surface area (Å²) < 4.78 is 0. The van der Waals surface area contributed by atoms with Crippen LogP contribution in [0, 0.1) is 0 Å². The van der Waals surface area contributed by atoms with Gasteiger partial charge in [-0.05, 0) is 35.1 Å². The van der Waals surface area contributed by atoms with Crippen LogP contribution in [0.5, 0.6) is 0 Å². The minimum Gasteiger partial charge on any atom is -0.389 e. The number of nitrogens with zero attached hydrogens (tertiary/aromatic N) is 1. The Labute approximate surface area is 68.8 Å². The van der Waals surface area contributed by atoms with E-state index < -0.39 is 12.3 Å². The summed E-state index contributed by atoms with van der Waals surface area (Å²) in [6.07, 6.45) is -1.42. The van der Waals surface area contributed by atoms with Gasteiger partial charge in [0.25, 0.3) is 0 Å². The summed E-state index contributed by atoms with van der Waals surface area (Å²) in [5.74, 6) is 0. The van der Waals surface area contributed by atoms with Crippen molar-refractivity contribution in [1.29, 1.82) is 0 Å². The average molecular weight is 164 g/mol. The summed E-state index contributed by atoms with van der Waals surface area (Å²) in [5.41, 5.74) is 0. The lowest BCUT2D eigenvalue weighted by Gasteiger charge is -2.20. The number of hydrogen-bond donors (Lipinski definition) is 3. The van der Waals surface area contributed by atoms with Crippen molar-refractivity contribution in [1.82, 2.24) is 10.2 Å². The Morgan fingerprint density at radius 2 is 1.45 bits per heavy atom. The molecule has 0 saturated heterocycles. The van der Waals surface area contributed by atoms with E-state index in [1.165, 1.54) is 0 Å². The van der Waals surface area contributed by atoms with Crippen LogP contribution < -0.4 is 5.32 Å². The maximum atomic E-state index is 8.88. The van der Waals surface area contributed by atoms with E-state index in [2.05, 4.69) is 5.32 Å². The third kappa shape index (κ3) is 9.84. The second-order valence-electron chi connectivity index (χ2n) is 2.62. The predicted octanol–water partition coefficient (Wildman–Crippen LogP) is -0.917. The first-order chi connectivity index (χ1) is 4.97. The topological polar surface area (TPSA) is 55.7 Å². The standard InChI is InChI=1S/C5H13NO2.C2H7N/c1-4(7)5(8)6(2)3;1-3-2/h4-5,7-8H,1-3H3;3H,1-2H3. The number of hydrogen-bond acceptors (Lipinski definition) is 4. The van der Waals surface area contributed by atoms with Gasteiger partial charge in [-0.3, -0.25) is 4.90 Å². The summed E-state index contributed by atoms with van der Waals surface area (Å²) in [6.45, 7) is 1.55. The van der Waals surface area contributed by atoms with Crippen molar-refractivity contribution in [3.63, 3.8) is 0 Å². The Morgan fingerprint density at radius 3 is 1.45 bits per heavy atom. The molecule has 0 aromatic carbocycles. The van der Waals surface area contributed by atoms with Gasteiger partial charge in [0.2, 0.25) is 0 Å². The Kier molecular flexibility index (Phi) is 9.70. The zero-order valence-electron chi connectivity index (χ0n) is 8.00. The van der Waals surface area contributed by atoms with Gasteiger partial charge in [-0.15, -0.1) is 0 Å². The molecule has 0 heterocycles. The molecule has 0 aliphatic heterocycles. The fourth-order valence-corrected chi connectivity index (χ4v) is 0.431. The van der Waals surface area contributed by atoms with Crippen LogP contribution in [0.4, 0.5) is 0 Å². The van der Waals surface area contributed by atoms with Crippen LogP contribution in [0.2, 0.25) is 0 Å². The first kappa shape index (κ1) is 13.4. The minimum absolute atomic E-state index is 0.676. The Hall–Kier alpha value is -0.160. The Bertz CT molecular complexity index is 68.8. The maximum Gasteiger partial charge on any atom is 0.132 e. The summed E-state index contributed by atoms with van der Waals surface area (Å²) in [4.78, 5) is 1.55. The largest absolute Gasteiger partial charge is 0.389 e. The third-order valence-corrected chi connectivity index (χ3v) is 0.961. The molecule has 3 N–H and O–H groups in total. The molecule has 2 unspecified atom stereocenters. The molecule has 11 heavy (non-hydrogen) atoms. The van der Waals surface area contributed by atoms with Crippen LogP contribution in [-0.4, -0.2) is 55.6 Å². The van der Waals surface area contributed by atoms with Crippen LogP contribution in [-0.2, 0) is 0 Å². The van der Waals surface area contributed by atoms with E-state index in [0.717, 1.165) is 0 Å². The number of rotatable bonds is 2. The molecule has 0 radical (unpaired) electrons. The van der Waals surface area contributed by atoms with Crippen LogP contribution >= 0.6 is 0 Å². The second kappa shape index (κ2) is 7.94. The van der Waals surface area contributed by atoms with Gasteiger partial charge in [0.15, 0.2) is 0 Å². The van der Waals surface area contributed by atoms with E-state index in [-0.39, 0.29) is 0 Å². The molecule has 0 bridgehead atoms. The number of aliphatic hydroxyl groups is 2. The van der Waals surface area contributed by atoms with Crippen LogP contribution in [0.3, 0.4) is 0 Å². The molecule has 4 heteroatoms. The molecule has 0 fully saturated rings. The molecule has 0 saturated carbocycles. The smallest absolute Gasteiger partial charge is 0.132 e. The van der Waals surface area contributed by atoms with Gasteiger partial charge < -0.3 is 15.5 Å². The predicted molar refractivity (Wildman–Crippen MR) is 46.4 cm³/mol. The molecule has 0 aliphatic carbocycles. The molecule has 4 nitrogen and oxygen atoms in total. The van der Waals surface area contributed by atoms with E-state index in [0.29, 0.717) is 0 Å². The van der Waals surface area contributed by atoms with Crippen molar-refractivity contribution in [2.45, 2.75) is 19.3 Å². The number of nitrogens with one attached hydrogen (secondary N) is 1. The highest BCUT2D eigenvalue weighted by atomic mass is 16.3. The number of likely N-dealkylation sites (N-methyl/N-ethyl adjacent to an activating group) is 1. The van der Waals surface area contributed by atoms with Crippen LogP contribution in [0.1, 0.15) is 6.92 Å². The lowest BCUT2D eigenvalue weighted by atomic mass is 10.3. The molecule has 0 amide bonds. The fourth-order valence-electron chi connectivity index (χ4n) is 0.431. The van der Waals surface area contributed by atoms with Crippen molar-refractivity contribution in [2.75, 3.05) is 28.2 Å². The van der Waals surface area contributed by atoms with E-state index in [9.17, 15) is 0 Å². The van der Waals surface area contributed by atoms with Crippen LogP contribution in [0.25, 0.3) is 0 Å². The van der Waals surface area contributed by atoms with E-state index in [4.69, 9.17) is 10.2 Å². The summed E-state index contributed by atoms with van der Waals surface area (Å²) in [5, 5.41) is 20.3. The fraction of sp³-hybridized carbons (Fsp3) is 1.00. The molecular weight excluding hydrogens is 144 g/mol. The lowest BCUT2D eigenvalue weighted by molar-refractivity contribution is -0.0529. The van der Waals surface area contributed by atoms with Crippen molar-refractivity contribution in [3.05, 3.63) is 0 Å². The first-order valence-electron chi connectivity index (χ1n) is 3.58. The Balaban J connectivity index is 0. The Morgan fingerprint density at radius 1 is 1.18 bits per heavy atom. The quantitative estimate of drug-likeness (QED) is 0.462. The maximum absolute atomic E-state index is 8.88. The highest BCUT2D eigenvalue weighted by molar-refractivity contribution is 4.56. The molecule has 0 aromatic heterocycles. The van der Waals surface area contributed by atoms with Crippen molar-refractivity contribution in [2.24, 2.45) is 0 Å². The van der Waals surface area contributed by atoms with Gasteiger partial charge in [-0.2, -0.15) is 0 Å². The van der Waals surface area contributed by atoms with Gasteiger partial charge >= 0.3 is 0 Å². The second-order valence-corrected chi connectivity index (χ2v) is 2.62. The highest BCUT2D eigenvalue weighted by Gasteiger charge is 2.11. The van der Waals surface area contributed by atoms with Gasteiger partial charge in [0, 0.05) is 0 Å². The molecule has 0 aromatic rings. The first-order valence-corrected chi connectivity index (χ1v) is 3.58. The van der Waals surface area contributed by atoms with E-state index >= 15 is 0 Å². The average Bonchev–Trinajstić information content (AvgIpc) is 1.87. The van der Waals surface area contributed by atoms with Gasteiger partial charge in [0.05, 0.1) is 6.10 Å². The van der Waals surface area contributed by atoms with Gasteiger partial charge in [-0.1, -0.05) is 0 Å². The van der Waals surface area contributed by atoms with Crippen molar-refractivity contribution < 1.29 is 10.2 Å². The molecule has 70 valence electrons. The summed E-state index contributed by atoms with van der Waals surface area (Å²) >= 11 is 0. The summed E-state index contributed by atoms with van der Waals surface area (Å²) in [7, 11) is 7.16. The lowest BCUT2D eigenvalue weighted by Crippen LogP contribution is -2.36. The zero-order valence-corrected chi connectivity index (χ0v) is 8.00. The van der Waals surface area contributed by atoms with E-state index in [1.807, 2.05) is 14.1 Å². The van der Waals surface area contributed by atoms with E-state index in [1.54, 1.807) is 25.9 Å². The molecule has 0 aliphatic rings. The SMILES string of the molecule is CC(O)C(O)N(C)C.CNC. The number of aliphatic hydroxyl groups excluding tert-OH is 2. The molecule has 2 atom stereocenters. The van der Waals surface area contributed by atoms with Crippen molar-refractivity contribution in [3.8, 4) is 0 Å². The minimum atomic E-state index is -0.741. The zero-order chi connectivity index (χ0) is 9.44. The van der Waals surface area contributed by atoms with Crippen LogP contribution in [0.15, 0.2) is 0 Å². The highest BCUT2D eigenvalue weighted by Crippen LogP contribution is 1.92. The monoisotopic (exact) mass is 164 g/mol.